The molecule has 1 spiro atoms. The van der Waals surface area contributed by atoms with Crippen molar-refractivity contribution in [1.82, 2.24) is 14.7 Å². The monoisotopic (exact) mass is 523 g/mol. The highest BCUT2D eigenvalue weighted by Gasteiger charge is 2.74. The number of benzene rings is 1. The first-order valence-corrected chi connectivity index (χ1v) is 13.9. The average molecular weight is 524 g/mol. The lowest BCUT2D eigenvalue weighted by molar-refractivity contribution is -0.149. The summed E-state index contributed by atoms with van der Waals surface area (Å²) in [6.07, 6.45) is 6.12. The van der Waals surface area contributed by atoms with Crippen LogP contribution in [0.1, 0.15) is 44.6 Å². The third-order valence-electron chi connectivity index (χ3n) is 8.16. The molecule has 206 valence electrons. The van der Waals surface area contributed by atoms with Crippen LogP contribution in [0.15, 0.2) is 55.6 Å². The number of likely N-dealkylation sites (tertiary alicyclic amines) is 1. The number of ether oxygens (including phenoxy) is 1. The SMILES string of the molecule is C=CCN(Cc1ccccc1)C(=O)C1N(CCCCO)C(=O)[C@@H]2[C@H](C(=O)N(CC=C)CCC)[C@@H]3CCC12O3. The van der Waals surface area contributed by atoms with Gasteiger partial charge in [-0.1, -0.05) is 49.4 Å². The van der Waals surface area contributed by atoms with E-state index in [1.165, 1.54) is 0 Å². The summed E-state index contributed by atoms with van der Waals surface area (Å²) in [4.78, 5) is 47.3. The van der Waals surface area contributed by atoms with E-state index in [1.54, 1.807) is 26.9 Å². The highest BCUT2D eigenvalue weighted by molar-refractivity contribution is 5.99. The topological polar surface area (TPSA) is 90.4 Å². The molecule has 38 heavy (non-hydrogen) atoms. The molecule has 1 N–H and O–H groups in total. The molecule has 1 aromatic carbocycles. The third-order valence-corrected chi connectivity index (χ3v) is 8.16. The second kappa shape index (κ2) is 12.3. The molecule has 0 aromatic heterocycles. The van der Waals surface area contributed by atoms with Gasteiger partial charge < -0.3 is 24.5 Å². The van der Waals surface area contributed by atoms with Gasteiger partial charge in [0.2, 0.25) is 17.7 Å². The molecule has 0 saturated carbocycles. The lowest BCUT2D eigenvalue weighted by Crippen LogP contribution is -2.56. The van der Waals surface area contributed by atoms with Crippen molar-refractivity contribution < 1.29 is 24.2 Å². The van der Waals surface area contributed by atoms with E-state index in [4.69, 9.17) is 4.74 Å². The molecule has 3 saturated heterocycles. The summed E-state index contributed by atoms with van der Waals surface area (Å²) in [6.45, 7) is 11.7. The van der Waals surface area contributed by atoms with Crippen LogP contribution >= 0.6 is 0 Å². The molecule has 8 heteroatoms. The van der Waals surface area contributed by atoms with Gasteiger partial charge in [0, 0.05) is 39.3 Å². The van der Waals surface area contributed by atoms with E-state index in [2.05, 4.69) is 13.2 Å². The molecule has 3 heterocycles. The first kappa shape index (κ1) is 28.0. The number of carbonyl (C=O) groups excluding carboxylic acids is 3. The summed E-state index contributed by atoms with van der Waals surface area (Å²) in [5.74, 6) is -1.76. The Bertz CT molecular complexity index is 1030. The lowest BCUT2D eigenvalue weighted by atomic mass is 9.70. The predicted octanol–water partition coefficient (Wildman–Crippen LogP) is 2.77. The Kier molecular flexibility index (Phi) is 9.05. The molecular formula is C30H41N3O5. The van der Waals surface area contributed by atoms with E-state index in [0.717, 1.165) is 12.0 Å². The Morgan fingerprint density at radius 2 is 1.84 bits per heavy atom. The Morgan fingerprint density at radius 1 is 1.13 bits per heavy atom. The second-order valence-corrected chi connectivity index (χ2v) is 10.6. The molecule has 2 unspecified atom stereocenters. The smallest absolute Gasteiger partial charge is 0.248 e. The average Bonchev–Trinajstić information content (AvgIpc) is 3.56. The molecule has 4 rings (SSSR count). The van der Waals surface area contributed by atoms with Crippen LogP contribution in [0.3, 0.4) is 0 Å². The fourth-order valence-electron chi connectivity index (χ4n) is 6.64. The second-order valence-electron chi connectivity index (χ2n) is 10.6. The maximum atomic E-state index is 14.3. The largest absolute Gasteiger partial charge is 0.396 e. The van der Waals surface area contributed by atoms with E-state index in [1.807, 2.05) is 37.3 Å². The van der Waals surface area contributed by atoms with Crippen molar-refractivity contribution in [2.24, 2.45) is 11.8 Å². The lowest BCUT2D eigenvalue weighted by Gasteiger charge is -2.37. The van der Waals surface area contributed by atoms with Crippen LogP contribution in [0, 0.1) is 11.8 Å². The van der Waals surface area contributed by atoms with Crippen LogP contribution in [0.25, 0.3) is 0 Å². The quantitative estimate of drug-likeness (QED) is 0.299. The van der Waals surface area contributed by atoms with Crippen molar-refractivity contribution in [2.75, 3.05) is 32.8 Å². The minimum atomic E-state index is -1.03. The summed E-state index contributed by atoms with van der Waals surface area (Å²) < 4.78 is 6.58. The van der Waals surface area contributed by atoms with Crippen molar-refractivity contribution in [2.45, 2.75) is 63.3 Å². The van der Waals surface area contributed by atoms with Crippen molar-refractivity contribution >= 4 is 17.7 Å². The first-order chi connectivity index (χ1) is 18.4. The van der Waals surface area contributed by atoms with Crippen molar-refractivity contribution in [3.8, 4) is 0 Å². The normalized spacial score (nSPS) is 27.3. The van der Waals surface area contributed by atoms with Gasteiger partial charge in [0.1, 0.15) is 11.6 Å². The number of aliphatic hydroxyl groups is 1. The van der Waals surface area contributed by atoms with Gasteiger partial charge in [-0.2, -0.15) is 0 Å². The van der Waals surface area contributed by atoms with Crippen LogP contribution in [0.4, 0.5) is 0 Å². The highest BCUT2D eigenvalue weighted by atomic mass is 16.5. The minimum Gasteiger partial charge on any atom is -0.396 e. The number of aliphatic hydroxyl groups excluding tert-OH is 1. The Hall–Kier alpha value is -2.97. The standard InChI is InChI=1S/C30H41N3O5/c1-4-16-31(17-5-2)27(35)24-23-14-15-30(38-23)25(24)28(36)33(19-10-11-20-34)26(30)29(37)32(18-6-3)21-22-12-8-7-9-13-22/h4,6-9,12-13,23-26,34H,1,3,5,10-11,14-21H2,2H3/t23-,24+,25-,26?,30?/m0/s1. The zero-order chi connectivity index (χ0) is 27.3. The van der Waals surface area contributed by atoms with E-state index < -0.39 is 23.5 Å². The van der Waals surface area contributed by atoms with Gasteiger partial charge in [0.05, 0.1) is 17.9 Å². The van der Waals surface area contributed by atoms with Crippen LogP contribution in [0.2, 0.25) is 0 Å². The van der Waals surface area contributed by atoms with Gasteiger partial charge in [-0.3, -0.25) is 14.4 Å². The number of hydrogen-bond donors (Lipinski definition) is 1. The number of hydrogen-bond acceptors (Lipinski definition) is 5. The maximum Gasteiger partial charge on any atom is 0.248 e. The van der Waals surface area contributed by atoms with Crippen LogP contribution in [-0.4, -0.2) is 88.1 Å². The summed E-state index contributed by atoms with van der Waals surface area (Å²) in [5, 5.41) is 9.37. The molecular weight excluding hydrogens is 482 g/mol. The van der Waals surface area contributed by atoms with Crippen LogP contribution in [0.5, 0.6) is 0 Å². The Labute approximate surface area is 225 Å². The zero-order valence-electron chi connectivity index (χ0n) is 22.5. The first-order valence-electron chi connectivity index (χ1n) is 13.9. The van der Waals surface area contributed by atoms with E-state index >= 15 is 0 Å². The number of nitrogens with zero attached hydrogens (tertiary/aromatic N) is 3. The number of carbonyl (C=O) groups is 3. The van der Waals surface area contributed by atoms with Crippen molar-refractivity contribution in [3.05, 3.63) is 61.2 Å². The van der Waals surface area contributed by atoms with Gasteiger partial charge in [0.15, 0.2) is 0 Å². The van der Waals surface area contributed by atoms with Gasteiger partial charge in [-0.25, -0.2) is 0 Å². The molecule has 8 nitrogen and oxygen atoms in total. The summed E-state index contributed by atoms with van der Waals surface area (Å²) in [5.41, 5.74) is -0.0437. The molecule has 3 aliphatic heterocycles. The molecule has 3 fully saturated rings. The Morgan fingerprint density at radius 3 is 2.50 bits per heavy atom. The fourth-order valence-corrected chi connectivity index (χ4v) is 6.64. The molecule has 2 bridgehead atoms. The van der Waals surface area contributed by atoms with Crippen LogP contribution < -0.4 is 0 Å². The molecule has 3 amide bonds. The number of amides is 3. The summed E-state index contributed by atoms with van der Waals surface area (Å²) in [7, 11) is 0. The molecule has 5 atom stereocenters. The highest BCUT2D eigenvalue weighted by Crippen LogP contribution is 2.59. The van der Waals surface area contributed by atoms with Crippen LogP contribution in [-0.2, 0) is 25.7 Å². The predicted molar refractivity (Wildman–Crippen MR) is 145 cm³/mol. The van der Waals surface area contributed by atoms with Crippen molar-refractivity contribution in [3.63, 3.8) is 0 Å². The number of fused-ring (bicyclic) bond motifs is 1. The Balaban J connectivity index is 1.69. The fraction of sp³-hybridized carbons (Fsp3) is 0.567. The van der Waals surface area contributed by atoms with Crippen molar-refractivity contribution in [1.29, 1.82) is 0 Å². The molecule has 3 aliphatic rings. The zero-order valence-corrected chi connectivity index (χ0v) is 22.5. The maximum absolute atomic E-state index is 14.3. The third kappa shape index (κ3) is 5.04. The molecule has 0 radical (unpaired) electrons. The molecule has 0 aliphatic carbocycles. The van der Waals surface area contributed by atoms with E-state index in [-0.39, 0.29) is 30.4 Å². The minimum absolute atomic E-state index is 0.0129. The molecule has 1 aromatic rings. The summed E-state index contributed by atoms with van der Waals surface area (Å²) in [6, 6.07) is 8.93. The van der Waals surface area contributed by atoms with Gasteiger partial charge in [0.25, 0.3) is 0 Å². The van der Waals surface area contributed by atoms with E-state index in [0.29, 0.717) is 58.4 Å². The van der Waals surface area contributed by atoms with Gasteiger partial charge in [-0.05, 0) is 37.7 Å². The summed E-state index contributed by atoms with van der Waals surface area (Å²) >= 11 is 0. The van der Waals surface area contributed by atoms with Gasteiger partial charge >= 0.3 is 0 Å². The number of unbranched alkanes of at least 4 members (excludes halogenated alkanes) is 1. The van der Waals surface area contributed by atoms with E-state index in [9.17, 15) is 19.5 Å². The van der Waals surface area contributed by atoms with Gasteiger partial charge in [-0.15, -0.1) is 13.2 Å². The number of rotatable bonds is 14.